The fourth-order valence-corrected chi connectivity index (χ4v) is 3.88. The van der Waals surface area contributed by atoms with Crippen LogP contribution in [0.15, 0.2) is 35.9 Å². The number of carbonyl (C=O) groups excluding carboxylic acids is 1. The van der Waals surface area contributed by atoms with Gasteiger partial charge in [0.1, 0.15) is 5.75 Å². The van der Waals surface area contributed by atoms with Crippen LogP contribution >= 0.6 is 0 Å². The SMILES string of the molecule is C=C(/C(=C(\CC)C(OCCC)C(=O)OC)c1ccc2c(c1)CCCO2)C1CC1. The summed E-state index contributed by atoms with van der Waals surface area (Å²) in [6, 6.07) is 6.36. The molecule has 3 rings (SSSR count). The van der Waals surface area contributed by atoms with Crippen molar-refractivity contribution in [2.75, 3.05) is 20.3 Å². The first-order chi connectivity index (χ1) is 13.6. The number of methoxy groups -OCH3 is 1. The first-order valence-corrected chi connectivity index (χ1v) is 10.5. The molecule has 2 aliphatic rings. The summed E-state index contributed by atoms with van der Waals surface area (Å²) in [5, 5.41) is 0. The Balaban J connectivity index is 2.10. The molecular formula is C24H32O4. The minimum atomic E-state index is -0.687. The van der Waals surface area contributed by atoms with Gasteiger partial charge in [0, 0.05) is 6.61 Å². The normalized spacial score (nSPS) is 17.8. The van der Waals surface area contributed by atoms with Gasteiger partial charge in [0.15, 0.2) is 6.10 Å². The number of carbonyl (C=O) groups is 1. The molecule has 1 heterocycles. The van der Waals surface area contributed by atoms with Crippen LogP contribution in [-0.2, 0) is 20.7 Å². The summed E-state index contributed by atoms with van der Waals surface area (Å²) in [5.41, 5.74) is 5.48. The van der Waals surface area contributed by atoms with Crippen molar-refractivity contribution in [2.24, 2.45) is 5.92 Å². The summed E-state index contributed by atoms with van der Waals surface area (Å²) >= 11 is 0. The average molecular weight is 385 g/mol. The van der Waals surface area contributed by atoms with Gasteiger partial charge in [0.2, 0.25) is 0 Å². The Bertz CT molecular complexity index is 758. The van der Waals surface area contributed by atoms with Gasteiger partial charge < -0.3 is 14.2 Å². The third kappa shape index (κ3) is 4.49. The van der Waals surface area contributed by atoms with E-state index in [1.165, 1.54) is 12.7 Å². The monoisotopic (exact) mass is 384 g/mol. The van der Waals surface area contributed by atoms with Crippen LogP contribution in [0.2, 0.25) is 0 Å². The zero-order valence-corrected chi connectivity index (χ0v) is 17.4. The van der Waals surface area contributed by atoms with Crippen molar-refractivity contribution in [3.8, 4) is 5.75 Å². The second-order valence-corrected chi connectivity index (χ2v) is 7.60. The van der Waals surface area contributed by atoms with E-state index in [1.807, 2.05) is 6.92 Å². The third-order valence-corrected chi connectivity index (χ3v) is 5.51. The second kappa shape index (κ2) is 9.42. The van der Waals surface area contributed by atoms with E-state index in [-0.39, 0.29) is 5.97 Å². The van der Waals surface area contributed by atoms with Crippen molar-refractivity contribution in [1.29, 1.82) is 0 Å². The molecule has 1 aromatic rings. The molecule has 0 spiro atoms. The predicted molar refractivity (Wildman–Crippen MR) is 111 cm³/mol. The molecule has 0 radical (unpaired) electrons. The first-order valence-electron chi connectivity index (χ1n) is 10.5. The summed E-state index contributed by atoms with van der Waals surface area (Å²) < 4.78 is 16.8. The highest BCUT2D eigenvalue weighted by molar-refractivity contribution is 5.89. The zero-order valence-electron chi connectivity index (χ0n) is 17.4. The Kier molecular flexibility index (Phi) is 6.95. The lowest BCUT2D eigenvalue weighted by atomic mass is 9.86. The Morgan fingerprint density at radius 1 is 1.32 bits per heavy atom. The van der Waals surface area contributed by atoms with Crippen LogP contribution in [0, 0.1) is 5.92 Å². The molecule has 28 heavy (non-hydrogen) atoms. The van der Waals surface area contributed by atoms with Crippen LogP contribution < -0.4 is 4.74 Å². The van der Waals surface area contributed by atoms with E-state index < -0.39 is 6.10 Å². The lowest BCUT2D eigenvalue weighted by Gasteiger charge is -2.25. The fraction of sp³-hybridized carbons (Fsp3) is 0.542. The molecule has 1 aromatic carbocycles. The quantitative estimate of drug-likeness (QED) is 0.438. The number of hydrogen-bond acceptors (Lipinski definition) is 4. The van der Waals surface area contributed by atoms with Gasteiger partial charge in [-0.1, -0.05) is 26.5 Å². The van der Waals surface area contributed by atoms with Gasteiger partial charge in [0.05, 0.1) is 13.7 Å². The lowest BCUT2D eigenvalue weighted by molar-refractivity contribution is -0.151. The standard InChI is InChI=1S/C24H32O4/c1-5-13-28-23(24(25)26-4)20(6-2)22(16(3)17-9-10-17)19-11-12-21-18(15-19)8-7-14-27-21/h11-12,15,17,23H,3,5-10,13-14H2,1-2,4H3/b22-20-. The lowest BCUT2D eigenvalue weighted by Crippen LogP contribution is -2.29. The van der Waals surface area contributed by atoms with Crippen LogP contribution in [0.4, 0.5) is 0 Å². The number of hydrogen-bond donors (Lipinski definition) is 0. The number of ether oxygens (including phenoxy) is 3. The molecule has 1 aliphatic carbocycles. The molecule has 0 saturated heterocycles. The van der Waals surface area contributed by atoms with E-state index in [9.17, 15) is 4.79 Å². The largest absolute Gasteiger partial charge is 0.493 e. The van der Waals surface area contributed by atoms with Crippen LogP contribution in [-0.4, -0.2) is 32.4 Å². The molecule has 1 unspecified atom stereocenters. The maximum Gasteiger partial charge on any atom is 0.339 e. The van der Waals surface area contributed by atoms with Crippen LogP contribution in [0.25, 0.3) is 5.57 Å². The number of aryl methyl sites for hydroxylation is 1. The van der Waals surface area contributed by atoms with Crippen molar-refractivity contribution in [2.45, 2.75) is 58.5 Å². The molecule has 1 atom stereocenters. The number of rotatable bonds is 9. The molecule has 1 aliphatic heterocycles. The van der Waals surface area contributed by atoms with Crippen molar-refractivity contribution < 1.29 is 19.0 Å². The zero-order chi connectivity index (χ0) is 20.1. The van der Waals surface area contributed by atoms with Gasteiger partial charge in [0.25, 0.3) is 0 Å². The van der Waals surface area contributed by atoms with Crippen molar-refractivity contribution in [1.82, 2.24) is 0 Å². The smallest absolute Gasteiger partial charge is 0.339 e. The highest BCUT2D eigenvalue weighted by atomic mass is 16.6. The molecule has 0 aromatic heterocycles. The van der Waals surface area contributed by atoms with E-state index in [0.717, 1.165) is 66.7 Å². The van der Waals surface area contributed by atoms with E-state index in [2.05, 4.69) is 31.7 Å². The number of esters is 1. The number of benzene rings is 1. The summed E-state index contributed by atoms with van der Waals surface area (Å²) in [6.45, 7) is 9.83. The fourth-order valence-electron chi connectivity index (χ4n) is 3.88. The molecule has 0 N–H and O–H groups in total. The second-order valence-electron chi connectivity index (χ2n) is 7.60. The summed E-state index contributed by atoms with van der Waals surface area (Å²) in [4.78, 5) is 12.6. The van der Waals surface area contributed by atoms with Crippen molar-refractivity contribution in [3.63, 3.8) is 0 Å². The first kappa shape index (κ1) is 20.7. The van der Waals surface area contributed by atoms with Gasteiger partial charge in [-0.15, -0.1) is 0 Å². The summed E-state index contributed by atoms with van der Waals surface area (Å²) in [5.74, 6) is 1.12. The maximum atomic E-state index is 12.6. The Labute approximate surface area is 168 Å². The van der Waals surface area contributed by atoms with Gasteiger partial charge in [-0.25, -0.2) is 4.79 Å². The Morgan fingerprint density at radius 2 is 2.11 bits per heavy atom. The van der Waals surface area contributed by atoms with E-state index in [1.54, 1.807) is 0 Å². The van der Waals surface area contributed by atoms with Gasteiger partial charge >= 0.3 is 5.97 Å². The third-order valence-electron chi connectivity index (χ3n) is 5.51. The molecule has 0 bridgehead atoms. The molecule has 152 valence electrons. The molecule has 0 amide bonds. The van der Waals surface area contributed by atoms with E-state index >= 15 is 0 Å². The summed E-state index contributed by atoms with van der Waals surface area (Å²) in [6.07, 6.45) is 5.23. The number of fused-ring (bicyclic) bond motifs is 1. The highest BCUT2D eigenvalue weighted by Crippen LogP contribution is 2.45. The predicted octanol–water partition coefficient (Wildman–Crippen LogP) is 5.11. The van der Waals surface area contributed by atoms with Crippen molar-refractivity contribution >= 4 is 11.5 Å². The van der Waals surface area contributed by atoms with Crippen LogP contribution in [0.1, 0.15) is 57.1 Å². The number of allylic oxidation sites excluding steroid dienone is 2. The Hall–Kier alpha value is -2.07. The minimum Gasteiger partial charge on any atom is -0.493 e. The van der Waals surface area contributed by atoms with Crippen LogP contribution in [0.3, 0.4) is 0 Å². The molecule has 4 nitrogen and oxygen atoms in total. The Morgan fingerprint density at radius 3 is 2.75 bits per heavy atom. The van der Waals surface area contributed by atoms with Gasteiger partial charge in [-0.2, -0.15) is 0 Å². The summed E-state index contributed by atoms with van der Waals surface area (Å²) in [7, 11) is 1.42. The average Bonchev–Trinajstić information content (AvgIpc) is 3.57. The molecular weight excluding hydrogens is 352 g/mol. The van der Waals surface area contributed by atoms with E-state index in [0.29, 0.717) is 18.9 Å². The molecule has 4 heteroatoms. The molecule has 1 fully saturated rings. The highest BCUT2D eigenvalue weighted by Gasteiger charge is 2.33. The molecule has 1 saturated carbocycles. The van der Waals surface area contributed by atoms with Gasteiger partial charge in [-0.05, 0) is 84.4 Å². The van der Waals surface area contributed by atoms with Crippen molar-refractivity contribution in [3.05, 3.63) is 47.1 Å². The van der Waals surface area contributed by atoms with Crippen LogP contribution in [0.5, 0.6) is 5.75 Å². The van der Waals surface area contributed by atoms with E-state index in [4.69, 9.17) is 14.2 Å². The maximum absolute atomic E-state index is 12.6. The minimum absolute atomic E-state index is 0.340. The topological polar surface area (TPSA) is 44.8 Å². The van der Waals surface area contributed by atoms with Gasteiger partial charge in [-0.3, -0.25) is 0 Å².